The van der Waals surface area contributed by atoms with Gasteiger partial charge in [0.05, 0.1) is 11.0 Å². The molecule has 7 nitrogen and oxygen atoms in total. The van der Waals surface area contributed by atoms with Gasteiger partial charge in [-0.2, -0.15) is 0 Å². The highest BCUT2D eigenvalue weighted by molar-refractivity contribution is 9.10. The summed E-state index contributed by atoms with van der Waals surface area (Å²) in [7, 11) is 0. The lowest BCUT2D eigenvalue weighted by molar-refractivity contribution is -0.385. The van der Waals surface area contributed by atoms with Gasteiger partial charge in [-0.1, -0.05) is 34.1 Å². The Bertz CT molecular complexity index is 807. The van der Waals surface area contributed by atoms with Crippen LogP contribution in [0.15, 0.2) is 40.9 Å². The number of esters is 1. The summed E-state index contributed by atoms with van der Waals surface area (Å²) in [5, 5.41) is 11.2. The Kier molecular flexibility index (Phi) is 4.66. The fourth-order valence-electron chi connectivity index (χ4n) is 2.23. The smallest absolute Gasteiger partial charge is 0.345 e. The van der Waals surface area contributed by atoms with E-state index >= 15 is 0 Å². The molecule has 0 saturated heterocycles. The van der Waals surface area contributed by atoms with Crippen LogP contribution >= 0.6 is 15.9 Å². The zero-order valence-corrected chi connectivity index (χ0v) is 13.9. The molecule has 0 unspecified atom stereocenters. The van der Waals surface area contributed by atoms with Crippen molar-refractivity contribution in [2.75, 3.05) is 13.2 Å². The Balaban J connectivity index is 1.86. The number of nitro groups is 1. The van der Waals surface area contributed by atoms with Crippen LogP contribution in [0.25, 0.3) is 0 Å². The average Bonchev–Trinajstić information content (AvgIpc) is 2.59. The minimum Gasteiger partial charge on any atom is -0.486 e. The largest absolute Gasteiger partial charge is 0.486 e. The summed E-state index contributed by atoms with van der Waals surface area (Å²) in [6.45, 7) is 0.609. The lowest BCUT2D eigenvalue weighted by Gasteiger charge is -2.18. The van der Waals surface area contributed by atoms with E-state index in [9.17, 15) is 14.9 Å². The maximum absolute atomic E-state index is 12.3. The summed E-state index contributed by atoms with van der Waals surface area (Å²) in [5.41, 5.74) is 0.207. The van der Waals surface area contributed by atoms with Crippen molar-refractivity contribution >= 4 is 27.6 Å². The van der Waals surface area contributed by atoms with Crippen molar-refractivity contribution in [2.45, 2.75) is 6.61 Å². The summed E-state index contributed by atoms with van der Waals surface area (Å²) >= 11 is 3.35. The van der Waals surface area contributed by atoms with Crippen LogP contribution in [-0.2, 0) is 11.3 Å². The van der Waals surface area contributed by atoms with Gasteiger partial charge in [0.1, 0.15) is 25.4 Å². The summed E-state index contributed by atoms with van der Waals surface area (Å²) < 4.78 is 16.7. The van der Waals surface area contributed by atoms with Gasteiger partial charge in [0.15, 0.2) is 11.5 Å². The molecule has 0 atom stereocenters. The van der Waals surface area contributed by atoms with Gasteiger partial charge in [-0.05, 0) is 6.07 Å². The molecule has 8 heteroatoms. The third-order valence-corrected chi connectivity index (χ3v) is 4.17. The van der Waals surface area contributed by atoms with E-state index in [0.717, 1.165) is 10.0 Å². The second kappa shape index (κ2) is 6.88. The van der Waals surface area contributed by atoms with Gasteiger partial charge in [0.2, 0.25) is 0 Å². The third-order valence-electron chi connectivity index (χ3n) is 3.39. The number of benzene rings is 2. The van der Waals surface area contributed by atoms with Crippen LogP contribution < -0.4 is 9.47 Å². The first-order chi connectivity index (χ1) is 11.6. The number of hydrogen-bond acceptors (Lipinski definition) is 6. The molecule has 0 spiro atoms. The SMILES string of the molecule is O=C(OCc1ccccc1Br)c1cc2c(cc1[N+](=O)[O-])OCCO2. The molecule has 2 aromatic rings. The Morgan fingerprint density at radius 2 is 1.88 bits per heavy atom. The highest BCUT2D eigenvalue weighted by Gasteiger charge is 2.27. The predicted octanol–water partition coefficient (Wildman–Crippen LogP) is 3.49. The highest BCUT2D eigenvalue weighted by atomic mass is 79.9. The maximum Gasteiger partial charge on any atom is 0.345 e. The number of nitro benzene ring substituents is 1. The van der Waals surface area contributed by atoms with E-state index in [-0.39, 0.29) is 23.6 Å². The molecule has 3 rings (SSSR count). The number of hydrogen-bond donors (Lipinski definition) is 0. The minimum absolute atomic E-state index is 0.00808. The standard InChI is InChI=1S/C16H12BrNO6/c17-12-4-2-1-3-10(12)9-24-16(19)11-7-14-15(23-6-5-22-14)8-13(11)18(20)21/h1-4,7-8H,5-6,9H2. The van der Waals surface area contributed by atoms with Gasteiger partial charge >= 0.3 is 5.97 Å². The number of nitrogens with zero attached hydrogens (tertiary/aromatic N) is 1. The fourth-order valence-corrected chi connectivity index (χ4v) is 2.63. The molecule has 0 aromatic heterocycles. The van der Waals surface area contributed by atoms with E-state index in [1.807, 2.05) is 12.1 Å². The van der Waals surface area contributed by atoms with Crippen LogP contribution in [0.4, 0.5) is 5.69 Å². The normalized spacial score (nSPS) is 12.5. The number of ether oxygens (including phenoxy) is 3. The zero-order chi connectivity index (χ0) is 17.1. The van der Waals surface area contributed by atoms with Crippen LogP contribution in [0.5, 0.6) is 11.5 Å². The third kappa shape index (κ3) is 3.33. The topological polar surface area (TPSA) is 87.9 Å². The van der Waals surface area contributed by atoms with E-state index in [1.165, 1.54) is 12.1 Å². The zero-order valence-electron chi connectivity index (χ0n) is 12.4. The molecule has 0 amide bonds. The van der Waals surface area contributed by atoms with Gasteiger partial charge in [-0.25, -0.2) is 4.79 Å². The van der Waals surface area contributed by atoms with Crippen LogP contribution in [-0.4, -0.2) is 24.1 Å². The van der Waals surface area contributed by atoms with Gasteiger partial charge in [0.25, 0.3) is 5.69 Å². The summed E-state index contributed by atoms with van der Waals surface area (Å²) in [6.07, 6.45) is 0. The van der Waals surface area contributed by atoms with E-state index in [0.29, 0.717) is 19.0 Å². The molecule has 2 aromatic carbocycles. The molecule has 0 saturated carbocycles. The first kappa shape index (κ1) is 16.3. The highest BCUT2D eigenvalue weighted by Crippen LogP contribution is 2.37. The van der Waals surface area contributed by atoms with Crippen molar-refractivity contribution in [2.24, 2.45) is 0 Å². The Morgan fingerprint density at radius 3 is 2.54 bits per heavy atom. The van der Waals surface area contributed by atoms with Gasteiger partial charge < -0.3 is 14.2 Å². The van der Waals surface area contributed by atoms with Crippen molar-refractivity contribution < 1.29 is 23.9 Å². The average molecular weight is 394 g/mol. The molecule has 0 aliphatic carbocycles. The second-order valence-corrected chi connectivity index (χ2v) is 5.79. The molecule has 1 heterocycles. The quantitative estimate of drug-likeness (QED) is 0.448. The van der Waals surface area contributed by atoms with Crippen LogP contribution in [0.1, 0.15) is 15.9 Å². The molecular weight excluding hydrogens is 382 g/mol. The Labute approximate surface area is 145 Å². The number of rotatable bonds is 4. The summed E-state index contributed by atoms with van der Waals surface area (Å²) in [5.74, 6) is -0.260. The van der Waals surface area contributed by atoms with Crippen LogP contribution in [0.2, 0.25) is 0 Å². The molecule has 0 fully saturated rings. The van der Waals surface area contributed by atoms with E-state index < -0.39 is 10.9 Å². The van der Waals surface area contributed by atoms with Gasteiger partial charge in [0, 0.05) is 16.1 Å². The first-order valence-electron chi connectivity index (χ1n) is 7.05. The Hall–Kier alpha value is -2.61. The fraction of sp³-hybridized carbons (Fsp3) is 0.188. The summed E-state index contributed by atoms with van der Waals surface area (Å²) in [6, 6.07) is 9.71. The Morgan fingerprint density at radius 1 is 1.21 bits per heavy atom. The van der Waals surface area contributed by atoms with Crippen LogP contribution in [0.3, 0.4) is 0 Å². The predicted molar refractivity (Wildman–Crippen MR) is 87.3 cm³/mol. The summed E-state index contributed by atoms with van der Waals surface area (Å²) in [4.78, 5) is 22.9. The van der Waals surface area contributed by atoms with Crippen molar-refractivity contribution in [1.29, 1.82) is 0 Å². The molecule has 1 aliphatic heterocycles. The number of carbonyl (C=O) groups is 1. The molecule has 0 radical (unpaired) electrons. The molecule has 0 N–H and O–H groups in total. The molecular formula is C16H12BrNO6. The first-order valence-corrected chi connectivity index (χ1v) is 7.84. The molecule has 24 heavy (non-hydrogen) atoms. The number of halogens is 1. The minimum atomic E-state index is -0.797. The van der Waals surface area contributed by atoms with E-state index in [1.54, 1.807) is 12.1 Å². The van der Waals surface area contributed by atoms with Crippen molar-refractivity contribution in [1.82, 2.24) is 0 Å². The molecule has 0 bridgehead atoms. The lowest BCUT2D eigenvalue weighted by Crippen LogP contribution is -2.17. The van der Waals surface area contributed by atoms with E-state index in [4.69, 9.17) is 14.2 Å². The van der Waals surface area contributed by atoms with Crippen LogP contribution in [0, 0.1) is 10.1 Å². The van der Waals surface area contributed by atoms with Gasteiger partial charge in [-0.3, -0.25) is 10.1 Å². The second-order valence-electron chi connectivity index (χ2n) is 4.94. The molecule has 124 valence electrons. The lowest BCUT2D eigenvalue weighted by atomic mass is 10.1. The van der Waals surface area contributed by atoms with E-state index in [2.05, 4.69) is 15.9 Å². The maximum atomic E-state index is 12.3. The number of carbonyl (C=O) groups excluding carboxylic acids is 1. The van der Waals surface area contributed by atoms with Gasteiger partial charge in [-0.15, -0.1) is 0 Å². The monoisotopic (exact) mass is 393 g/mol. The number of fused-ring (bicyclic) bond motifs is 1. The van der Waals surface area contributed by atoms with Crippen molar-refractivity contribution in [3.8, 4) is 11.5 Å². The van der Waals surface area contributed by atoms with Crippen molar-refractivity contribution in [3.63, 3.8) is 0 Å². The molecule has 1 aliphatic rings. The van der Waals surface area contributed by atoms with Crippen molar-refractivity contribution in [3.05, 3.63) is 62.1 Å².